The Hall–Kier alpha value is -4.39. The van der Waals surface area contributed by atoms with Gasteiger partial charge in [-0.1, -0.05) is 80.6 Å². The van der Waals surface area contributed by atoms with Gasteiger partial charge in [-0.05, 0) is 47.2 Å². The van der Waals surface area contributed by atoms with Crippen molar-refractivity contribution in [3.8, 4) is 11.5 Å². The number of hydrogen-bond donors (Lipinski definition) is 4. The van der Waals surface area contributed by atoms with Crippen LogP contribution < -0.4 is 10.6 Å². The third kappa shape index (κ3) is 8.35. The molecule has 1 atom stereocenters. The van der Waals surface area contributed by atoms with Crippen LogP contribution in [0, 0.1) is 5.92 Å². The van der Waals surface area contributed by atoms with Gasteiger partial charge in [-0.2, -0.15) is 0 Å². The molecule has 0 fully saturated rings. The SMILES string of the molecule is CC(C)C/C(=C\c1ccc(O)c(O)c1)C(=O)N[C@@H](Cc1ccccc1)C(=O)C(=O)NCc1ccccc1. The first kappa shape index (κ1) is 27.2. The molecular formula is C30H32N2O5. The summed E-state index contributed by atoms with van der Waals surface area (Å²) in [6.45, 7) is 4.11. The third-order valence-electron chi connectivity index (χ3n) is 5.68. The van der Waals surface area contributed by atoms with Gasteiger partial charge in [0.15, 0.2) is 11.5 Å². The molecule has 3 aromatic carbocycles. The second-order valence-corrected chi connectivity index (χ2v) is 9.26. The lowest BCUT2D eigenvalue weighted by molar-refractivity contribution is -0.139. The number of benzene rings is 3. The Bertz CT molecular complexity index is 1250. The van der Waals surface area contributed by atoms with Crippen LogP contribution in [0.2, 0.25) is 0 Å². The molecule has 37 heavy (non-hydrogen) atoms. The fourth-order valence-electron chi connectivity index (χ4n) is 3.82. The van der Waals surface area contributed by atoms with Crippen molar-refractivity contribution in [2.75, 3.05) is 0 Å². The van der Waals surface area contributed by atoms with Gasteiger partial charge in [0.2, 0.25) is 11.7 Å². The molecule has 0 aliphatic heterocycles. The highest BCUT2D eigenvalue weighted by molar-refractivity contribution is 6.38. The van der Waals surface area contributed by atoms with Gasteiger partial charge in [0.1, 0.15) is 6.04 Å². The molecule has 0 spiro atoms. The predicted octanol–water partition coefficient (Wildman–Crippen LogP) is 4.14. The number of phenols is 2. The van der Waals surface area contributed by atoms with Crippen molar-refractivity contribution >= 4 is 23.7 Å². The van der Waals surface area contributed by atoms with Crippen LogP contribution in [0.4, 0.5) is 0 Å². The first-order valence-electron chi connectivity index (χ1n) is 12.2. The number of aromatic hydroxyl groups is 2. The van der Waals surface area contributed by atoms with Crippen molar-refractivity contribution < 1.29 is 24.6 Å². The molecule has 0 aliphatic carbocycles. The highest BCUT2D eigenvalue weighted by Crippen LogP contribution is 2.27. The molecule has 0 heterocycles. The minimum Gasteiger partial charge on any atom is -0.504 e. The van der Waals surface area contributed by atoms with E-state index in [9.17, 15) is 24.6 Å². The molecule has 7 heteroatoms. The summed E-state index contributed by atoms with van der Waals surface area (Å²) < 4.78 is 0. The van der Waals surface area contributed by atoms with Gasteiger partial charge in [0, 0.05) is 18.5 Å². The van der Waals surface area contributed by atoms with Gasteiger partial charge in [-0.3, -0.25) is 14.4 Å². The normalized spacial score (nSPS) is 12.1. The molecule has 0 radical (unpaired) electrons. The Balaban J connectivity index is 1.82. The molecular weight excluding hydrogens is 468 g/mol. The fourth-order valence-corrected chi connectivity index (χ4v) is 3.82. The van der Waals surface area contributed by atoms with Crippen LogP contribution in [0.25, 0.3) is 6.08 Å². The molecule has 0 bridgehead atoms. The van der Waals surface area contributed by atoms with E-state index in [-0.39, 0.29) is 30.4 Å². The molecule has 2 amide bonds. The van der Waals surface area contributed by atoms with E-state index in [0.717, 1.165) is 11.1 Å². The van der Waals surface area contributed by atoms with Crippen molar-refractivity contribution in [3.63, 3.8) is 0 Å². The number of phenolic OH excluding ortho intramolecular Hbond substituents is 2. The Morgan fingerprint density at radius 2 is 1.43 bits per heavy atom. The lowest BCUT2D eigenvalue weighted by atomic mass is 9.97. The van der Waals surface area contributed by atoms with E-state index < -0.39 is 23.6 Å². The summed E-state index contributed by atoms with van der Waals surface area (Å²) in [5, 5.41) is 24.8. The second-order valence-electron chi connectivity index (χ2n) is 9.26. The summed E-state index contributed by atoms with van der Waals surface area (Å²) >= 11 is 0. The van der Waals surface area contributed by atoms with Crippen molar-refractivity contribution in [1.29, 1.82) is 0 Å². The largest absolute Gasteiger partial charge is 0.504 e. The van der Waals surface area contributed by atoms with Gasteiger partial charge in [-0.25, -0.2) is 0 Å². The summed E-state index contributed by atoms with van der Waals surface area (Å²) in [6, 6.07) is 21.6. The third-order valence-corrected chi connectivity index (χ3v) is 5.68. The van der Waals surface area contributed by atoms with Crippen LogP contribution in [-0.2, 0) is 27.3 Å². The molecule has 0 aromatic heterocycles. The molecule has 3 aromatic rings. The van der Waals surface area contributed by atoms with E-state index in [2.05, 4.69) is 10.6 Å². The van der Waals surface area contributed by atoms with Gasteiger partial charge in [0.25, 0.3) is 5.91 Å². The van der Waals surface area contributed by atoms with Crippen molar-refractivity contribution in [2.24, 2.45) is 5.92 Å². The van der Waals surface area contributed by atoms with Crippen LogP contribution in [0.3, 0.4) is 0 Å². The molecule has 0 saturated heterocycles. The lowest BCUT2D eigenvalue weighted by Crippen LogP contribution is -2.49. The van der Waals surface area contributed by atoms with Crippen LogP contribution in [0.15, 0.2) is 84.4 Å². The number of ketones is 1. The quantitative estimate of drug-likeness (QED) is 0.179. The topological polar surface area (TPSA) is 116 Å². The lowest BCUT2D eigenvalue weighted by Gasteiger charge is -2.19. The number of carbonyl (C=O) groups is 3. The summed E-state index contributed by atoms with van der Waals surface area (Å²) in [5.74, 6) is -2.43. The maximum absolute atomic E-state index is 13.4. The number of nitrogens with one attached hydrogen (secondary N) is 2. The van der Waals surface area contributed by atoms with E-state index >= 15 is 0 Å². The molecule has 192 valence electrons. The van der Waals surface area contributed by atoms with Crippen molar-refractivity contribution in [2.45, 2.75) is 39.3 Å². The first-order chi connectivity index (χ1) is 17.7. The zero-order valence-corrected chi connectivity index (χ0v) is 21.0. The Labute approximate surface area is 216 Å². The highest BCUT2D eigenvalue weighted by Gasteiger charge is 2.28. The molecule has 7 nitrogen and oxygen atoms in total. The molecule has 0 unspecified atom stereocenters. The summed E-state index contributed by atoms with van der Waals surface area (Å²) in [7, 11) is 0. The second kappa shape index (κ2) is 13.1. The smallest absolute Gasteiger partial charge is 0.289 e. The van der Waals surface area contributed by atoms with E-state index in [4.69, 9.17) is 0 Å². The summed E-state index contributed by atoms with van der Waals surface area (Å²) in [6.07, 6.45) is 2.16. The Morgan fingerprint density at radius 3 is 2.03 bits per heavy atom. The first-order valence-corrected chi connectivity index (χ1v) is 12.2. The zero-order chi connectivity index (χ0) is 26.8. The molecule has 3 rings (SSSR count). The number of carbonyl (C=O) groups excluding carboxylic acids is 3. The van der Waals surface area contributed by atoms with Crippen LogP contribution in [0.5, 0.6) is 11.5 Å². The average molecular weight is 501 g/mol. The Morgan fingerprint density at radius 1 is 0.811 bits per heavy atom. The molecule has 0 aliphatic rings. The van der Waals surface area contributed by atoms with Crippen LogP contribution in [0.1, 0.15) is 37.0 Å². The monoisotopic (exact) mass is 500 g/mol. The van der Waals surface area contributed by atoms with E-state index in [0.29, 0.717) is 17.6 Å². The molecule has 0 saturated carbocycles. The number of amides is 2. The number of rotatable bonds is 11. The average Bonchev–Trinajstić information content (AvgIpc) is 2.89. The maximum Gasteiger partial charge on any atom is 0.289 e. The van der Waals surface area contributed by atoms with Gasteiger partial charge >= 0.3 is 0 Å². The zero-order valence-electron chi connectivity index (χ0n) is 21.0. The highest BCUT2D eigenvalue weighted by atomic mass is 16.3. The van der Waals surface area contributed by atoms with Gasteiger partial charge in [0.05, 0.1) is 0 Å². The van der Waals surface area contributed by atoms with Gasteiger partial charge in [-0.15, -0.1) is 0 Å². The maximum atomic E-state index is 13.4. The Kier molecular flexibility index (Phi) is 9.61. The standard InChI is InChI=1S/C30H32N2O5/c1-20(2)15-24(16-23-13-14-26(33)27(34)18-23)29(36)32-25(17-21-9-5-3-6-10-21)28(35)30(37)31-19-22-11-7-4-8-12-22/h3-14,16,18,20,25,33-34H,15,17,19H2,1-2H3,(H,31,37)(H,32,36)/b24-16+/t25-/m0/s1. The molecule has 4 N–H and O–H groups in total. The van der Waals surface area contributed by atoms with Crippen molar-refractivity contribution in [3.05, 3.63) is 101 Å². The van der Waals surface area contributed by atoms with Crippen LogP contribution in [-0.4, -0.2) is 33.9 Å². The predicted molar refractivity (Wildman–Crippen MR) is 143 cm³/mol. The number of Topliss-reactive ketones (excluding diaryl/α,β-unsaturated/α-hetero) is 1. The van der Waals surface area contributed by atoms with Gasteiger partial charge < -0.3 is 20.8 Å². The van der Waals surface area contributed by atoms with E-state index in [1.54, 1.807) is 12.1 Å². The fraction of sp³-hybridized carbons (Fsp3) is 0.233. The van der Waals surface area contributed by atoms with Crippen molar-refractivity contribution in [1.82, 2.24) is 10.6 Å². The summed E-state index contributed by atoms with van der Waals surface area (Å²) in [5.41, 5.74) is 2.56. The number of hydrogen-bond acceptors (Lipinski definition) is 5. The van der Waals surface area contributed by atoms with E-state index in [1.807, 2.05) is 74.5 Å². The van der Waals surface area contributed by atoms with Crippen LogP contribution >= 0.6 is 0 Å². The minimum atomic E-state index is -1.07. The minimum absolute atomic E-state index is 0.125. The summed E-state index contributed by atoms with van der Waals surface area (Å²) in [4.78, 5) is 39.3. The van der Waals surface area contributed by atoms with E-state index in [1.165, 1.54) is 12.1 Å².